The Morgan fingerprint density at radius 3 is 2.50 bits per heavy atom. The number of nitrogens with one attached hydrogen (secondary N) is 2. The van der Waals surface area contributed by atoms with E-state index in [1.54, 1.807) is 12.1 Å². The number of fused-ring (bicyclic) bond motifs is 1. The van der Waals surface area contributed by atoms with Gasteiger partial charge in [0.25, 0.3) is 0 Å². The molecule has 162 valence electrons. The summed E-state index contributed by atoms with van der Waals surface area (Å²) in [4.78, 5) is 30.1. The molecule has 4 rings (SSSR count). The minimum Gasteiger partial charge on any atom is -0.361 e. The van der Waals surface area contributed by atoms with Crippen LogP contribution in [0.4, 0.5) is 0 Å². The molecule has 0 aliphatic heterocycles. The molecule has 3 aromatic carbocycles. The highest BCUT2D eigenvalue weighted by Crippen LogP contribution is 2.25. The molecule has 1 atom stereocenters. The number of para-hydroxylation sites is 1. The number of carbonyl (C=O) groups is 2. The number of hydrogen-bond acceptors (Lipinski definition) is 2. The number of halogens is 2. The molecule has 32 heavy (non-hydrogen) atoms. The zero-order valence-corrected chi connectivity index (χ0v) is 19.4. The molecular weight excluding hydrogens is 490 g/mol. The lowest BCUT2D eigenvalue weighted by Crippen LogP contribution is -2.39. The Morgan fingerprint density at radius 2 is 1.78 bits per heavy atom. The summed E-state index contributed by atoms with van der Waals surface area (Å²) in [6.45, 7) is 0.630. The number of hydrogen-bond donors (Lipinski definition) is 2. The molecule has 0 bridgehead atoms. The van der Waals surface area contributed by atoms with Gasteiger partial charge in [-0.3, -0.25) is 9.59 Å². The van der Waals surface area contributed by atoms with Crippen LogP contribution in [0.15, 0.2) is 83.5 Å². The number of amides is 2. The first-order valence-corrected chi connectivity index (χ1v) is 11.3. The van der Waals surface area contributed by atoms with Crippen molar-refractivity contribution in [2.24, 2.45) is 0 Å². The van der Waals surface area contributed by atoms with Gasteiger partial charge in [0.05, 0.1) is 0 Å². The van der Waals surface area contributed by atoms with Gasteiger partial charge < -0.3 is 15.2 Å². The lowest BCUT2D eigenvalue weighted by molar-refractivity contribution is -0.133. The molecular formula is C25H21BrClN3O2. The van der Waals surface area contributed by atoms with Crippen LogP contribution in [0.5, 0.6) is 0 Å². The van der Waals surface area contributed by atoms with Crippen LogP contribution in [0, 0.1) is 0 Å². The largest absolute Gasteiger partial charge is 0.361 e. The van der Waals surface area contributed by atoms with Crippen LogP contribution in [0.3, 0.4) is 0 Å². The van der Waals surface area contributed by atoms with Crippen molar-refractivity contribution in [1.82, 2.24) is 15.2 Å². The Labute approximate surface area is 199 Å². The molecule has 0 saturated carbocycles. The predicted molar refractivity (Wildman–Crippen MR) is 130 cm³/mol. The third-order valence-electron chi connectivity index (χ3n) is 5.31. The second kappa shape index (κ2) is 10.0. The molecule has 0 fully saturated rings. The minimum absolute atomic E-state index is 0.251. The Balaban J connectivity index is 1.58. The fourth-order valence-electron chi connectivity index (χ4n) is 3.69. The molecule has 1 unspecified atom stereocenters. The standard InChI is InChI=1S/C25H21BrClN3O2/c26-20-9-7-18(8-10-20)24(30(16-31)15-17-5-11-21(27)12-6-17)25(32)29-14-19-13-28-23-4-2-1-3-22(19)23/h1-13,16,24,28H,14-15H2,(H,29,32). The third-order valence-corrected chi connectivity index (χ3v) is 6.09. The lowest BCUT2D eigenvalue weighted by atomic mass is 10.0. The minimum atomic E-state index is -0.776. The quantitative estimate of drug-likeness (QED) is 0.303. The van der Waals surface area contributed by atoms with Crippen LogP contribution in [-0.4, -0.2) is 22.2 Å². The maximum atomic E-state index is 13.3. The Bertz CT molecular complexity index is 1220. The SMILES string of the molecule is O=CN(Cc1ccc(Cl)cc1)C(C(=O)NCc1c[nH]c2ccccc12)c1ccc(Br)cc1. The monoisotopic (exact) mass is 509 g/mol. The van der Waals surface area contributed by atoms with Gasteiger partial charge in [0.1, 0.15) is 6.04 Å². The topological polar surface area (TPSA) is 65.2 Å². The molecule has 0 radical (unpaired) electrons. The molecule has 0 aliphatic rings. The molecule has 1 heterocycles. The Morgan fingerprint density at radius 1 is 1.06 bits per heavy atom. The molecule has 7 heteroatoms. The predicted octanol–water partition coefficient (Wildman–Crippen LogP) is 5.60. The van der Waals surface area contributed by atoms with E-state index in [1.165, 1.54) is 4.90 Å². The van der Waals surface area contributed by atoms with Crippen LogP contribution in [-0.2, 0) is 22.7 Å². The van der Waals surface area contributed by atoms with Gasteiger partial charge in [0.15, 0.2) is 0 Å². The summed E-state index contributed by atoms with van der Waals surface area (Å²) in [5, 5.41) is 4.68. The van der Waals surface area contributed by atoms with Crippen molar-refractivity contribution in [3.8, 4) is 0 Å². The van der Waals surface area contributed by atoms with Gasteiger partial charge in [0.2, 0.25) is 12.3 Å². The molecule has 0 saturated heterocycles. The lowest BCUT2D eigenvalue weighted by Gasteiger charge is -2.28. The van der Waals surface area contributed by atoms with Crippen LogP contribution in [0.2, 0.25) is 5.02 Å². The fourth-order valence-corrected chi connectivity index (χ4v) is 4.08. The Kier molecular flexibility index (Phi) is 6.93. The van der Waals surface area contributed by atoms with E-state index in [0.29, 0.717) is 18.0 Å². The van der Waals surface area contributed by atoms with Crippen LogP contribution < -0.4 is 5.32 Å². The molecule has 0 spiro atoms. The number of aromatic nitrogens is 1. The van der Waals surface area contributed by atoms with Crippen LogP contribution in [0.25, 0.3) is 10.9 Å². The smallest absolute Gasteiger partial charge is 0.247 e. The van der Waals surface area contributed by atoms with Gasteiger partial charge in [-0.15, -0.1) is 0 Å². The maximum absolute atomic E-state index is 13.3. The molecule has 2 amide bonds. The summed E-state index contributed by atoms with van der Waals surface area (Å²) in [6, 6.07) is 21.8. The summed E-state index contributed by atoms with van der Waals surface area (Å²) >= 11 is 9.41. The molecule has 2 N–H and O–H groups in total. The van der Waals surface area contributed by atoms with Crippen molar-refractivity contribution in [1.29, 1.82) is 0 Å². The van der Waals surface area contributed by atoms with E-state index in [0.717, 1.165) is 32.1 Å². The summed E-state index contributed by atoms with van der Waals surface area (Å²) in [7, 11) is 0. The normalized spacial score (nSPS) is 11.8. The number of carbonyl (C=O) groups excluding carboxylic acids is 2. The molecule has 1 aromatic heterocycles. The van der Waals surface area contributed by atoms with E-state index < -0.39 is 6.04 Å². The van der Waals surface area contributed by atoms with Gasteiger partial charge in [-0.1, -0.05) is 70.0 Å². The molecule has 5 nitrogen and oxygen atoms in total. The molecule has 0 aliphatic carbocycles. The highest BCUT2D eigenvalue weighted by atomic mass is 79.9. The zero-order chi connectivity index (χ0) is 22.5. The highest BCUT2D eigenvalue weighted by molar-refractivity contribution is 9.10. The van der Waals surface area contributed by atoms with E-state index in [1.807, 2.05) is 66.9 Å². The number of aromatic amines is 1. The zero-order valence-electron chi connectivity index (χ0n) is 17.1. The van der Waals surface area contributed by atoms with E-state index in [4.69, 9.17) is 11.6 Å². The van der Waals surface area contributed by atoms with Crippen molar-refractivity contribution in [3.63, 3.8) is 0 Å². The van der Waals surface area contributed by atoms with Crippen LogP contribution >= 0.6 is 27.5 Å². The van der Waals surface area contributed by atoms with Gasteiger partial charge in [-0.2, -0.15) is 0 Å². The first kappa shape index (κ1) is 22.1. The van der Waals surface area contributed by atoms with Gasteiger partial charge in [0, 0.05) is 39.7 Å². The van der Waals surface area contributed by atoms with E-state index >= 15 is 0 Å². The van der Waals surface area contributed by atoms with Crippen molar-refractivity contribution < 1.29 is 9.59 Å². The summed E-state index contributed by atoms with van der Waals surface area (Å²) in [6.07, 6.45) is 2.61. The second-order valence-electron chi connectivity index (χ2n) is 7.44. The number of benzene rings is 3. The average molecular weight is 511 g/mol. The fraction of sp³-hybridized carbons (Fsp3) is 0.120. The van der Waals surface area contributed by atoms with Crippen molar-refractivity contribution >= 4 is 50.8 Å². The second-order valence-corrected chi connectivity index (χ2v) is 8.79. The number of nitrogens with zero attached hydrogens (tertiary/aromatic N) is 1. The van der Waals surface area contributed by atoms with Crippen molar-refractivity contribution in [2.45, 2.75) is 19.1 Å². The molecule has 4 aromatic rings. The van der Waals surface area contributed by atoms with Crippen molar-refractivity contribution in [2.75, 3.05) is 0 Å². The maximum Gasteiger partial charge on any atom is 0.247 e. The van der Waals surface area contributed by atoms with E-state index in [9.17, 15) is 9.59 Å². The number of rotatable bonds is 8. The first-order valence-electron chi connectivity index (χ1n) is 10.1. The van der Waals surface area contributed by atoms with Gasteiger partial charge in [-0.25, -0.2) is 0 Å². The summed E-state index contributed by atoms with van der Waals surface area (Å²) in [5.74, 6) is -0.251. The van der Waals surface area contributed by atoms with E-state index in [-0.39, 0.29) is 12.5 Å². The van der Waals surface area contributed by atoms with Gasteiger partial charge >= 0.3 is 0 Å². The summed E-state index contributed by atoms with van der Waals surface area (Å²) < 4.78 is 0.898. The third kappa shape index (κ3) is 5.03. The van der Waals surface area contributed by atoms with Gasteiger partial charge in [-0.05, 0) is 47.0 Å². The van der Waals surface area contributed by atoms with E-state index in [2.05, 4.69) is 26.2 Å². The number of H-pyrrole nitrogens is 1. The summed E-state index contributed by atoms with van der Waals surface area (Å²) in [5.41, 5.74) is 3.61. The Hall–Kier alpha value is -3.09. The first-order chi connectivity index (χ1) is 15.5. The van der Waals surface area contributed by atoms with Crippen molar-refractivity contribution in [3.05, 3.63) is 105 Å². The average Bonchev–Trinajstić information content (AvgIpc) is 3.23. The highest BCUT2D eigenvalue weighted by Gasteiger charge is 2.27. The van der Waals surface area contributed by atoms with Crippen LogP contribution in [0.1, 0.15) is 22.7 Å².